The topological polar surface area (TPSA) is 46.6 Å². The summed E-state index contributed by atoms with van der Waals surface area (Å²) >= 11 is 0. The summed E-state index contributed by atoms with van der Waals surface area (Å²) in [7, 11) is -2.74. The summed E-state index contributed by atoms with van der Waals surface area (Å²) in [6.07, 6.45) is 1.54. The molecule has 0 spiro atoms. The highest BCUT2D eigenvalue weighted by molar-refractivity contribution is 7.86. The van der Waals surface area contributed by atoms with Gasteiger partial charge in [0.1, 0.15) is 10.6 Å². The number of ether oxygens (including phenoxy) is 1. The minimum Gasteiger partial charge on any atom is -0.492 e. The van der Waals surface area contributed by atoms with Gasteiger partial charge in [0.15, 0.2) is 0 Å². The zero-order valence-electron chi connectivity index (χ0n) is 11.1. The number of nitrogens with zero attached hydrogens (tertiary/aromatic N) is 1. The first-order valence-corrected chi connectivity index (χ1v) is 7.72. The number of benzene rings is 1. The molecule has 19 heavy (non-hydrogen) atoms. The Labute approximate surface area is 113 Å². The van der Waals surface area contributed by atoms with Crippen molar-refractivity contribution in [2.75, 3.05) is 26.7 Å². The number of fused-ring (bicyclic) bond motifs is 1. The molecule has 2 rings (SSSR count). The van der Waals surface area contributed by atoms with Crippen LogP contribution in [-0.4, -0.2) is 40.1 Å². The second-order valence-corrected chi connectivity index (χ2v) is 6.06. The fraction of sp³-hybridized carbons (Fsp3) is 0.538. The molecule has 0 bridgehead atoms. The van der Waals surface area contributed by atoms with Gasteiger partial charge >= 0.3 is 10.2 Å². The molecule has 0 saturated carbocycles. The Bertz CT molecular complexity index is 571. The van der Waals surface area contributed by atoms with Gasteiger partial charge in [0.2, 0.25) is 0 Å². The molecular formula is C13H18FNO3S. The fourth-order valence-corrected chi connectivity index (χ4v) is 2.94. The predicted molar refractivity (Wildman–Crippen MR) is 70.8 cm³/mol. The van der Waals surface area contributed by atoms with E-state index in [1.165, 1.54) is 6.07 Å². The first-order chi connectivity index (χ1) is 8.91. The summed E-state index contributed by atoms with van der Waals surface area (Å²) in [6, 6.07) is 3.10. The highest BCUT2D eigenvalue weighted by atomic mass is 32.3. The lowest BCUT2D eigenvalue weighted by atomic mass is 10.0. The maximum Gasteiger partial charge on any atom is 0.335 e. The highest BCUT2D eigenvalue weighted by Gasteiger charge is 2.22. The molecule has 0 N–H and O–H groups in total. The van der Waals surface area contributed by atoms with Gasteiger partial charge in [-0.15, -0.1) is 3.89 Å². The largest absolute Gasteiger partial charge is 0.492 e. The summed E-state index contributed by atoms with van der Waals surface area (Å²) in [4.78, 5) is 1.82. The fourth-order valence-electron chi connectivity index (χ4n) is 2.30. The van der Waals surface area contributed by atoms with E-state index in [0.29, 0.717) is 6.61 Å². The molecule has 0 saturated heterocycles. The van der Waals surface area contributed by atoms with Crippen LogP contribution >= 0.6 is 0 Å². The van der Waals surface area contributed by atoms with Crippen molar-refractivity contribution in [3.05, 3.63) is 23.3 Å². The van der Waals surface area contributed by atoms with Crippen molar-refractivity contribution in [3.8, 4) is 5.75 Å². The molecule has 1 aromatic rings. The Morgan fingerprint density at radius 1 is 1.26 bits per heavy atom. The van der Waals surface area contributed by atoms with Crippen LogP contribution in [0.2, 0.25) is 0 Å². The van der Waals surface area contributed by atoms with Crippen LogP contribution in [0.4, 0.5) is 3.89 Å². The molecule has 6 heteroatoms. The molecule has 0 aromatic heterocycles. The van der Waals surface area contributed by atoms with E-state index in [-0.39, 0.29) is 10.6 Å². The van der Waals surface area contributed by atoms with Crippen molar-refractivity contribution in [1.82, 2.24) is 4.90 Å². The molecule has 0 unspecified atom stereocenters. The lowest BCUT2D eigenvalue weighted by Gasteiger charge is -2.12. The molecule has 1 aliphatic heterocycles. The summed E-state index contributed by atoms with van der Waals surface area (Å²) in [5.41, 5.74) is 1.93. The van der Waals surface area contributed by atoms with Crippen LogP contribution in [0.25, 0.3) is 0 Å². The zero-order chi connectivity index (χ0) is 14.0. The van der Waals surface area contributed by atoms with E-state index >= 15 is 0 Å². The molecule has 0 radical (unpaired) electrons. The van der Waals surface area contributed by atoms with Crippen molar-refractivity contribution < 1.29 is 17.0 Å². The second kappa shape index (κ2) is 5.46. The Kier molecular flexibility index (Phi) is 4.10. The Morgan fingerprint density at radius 3 is 2.37 bits per heavy atom. The van der Waals surface area contributed by atoms with Gasteiger partial charge in [-0.05, 0) is 50.1 Å². The summed E-state index contributed by atoms with van der Waals surface area (Å²) in [5.74, 6) is 0.119. The monoisotopic (exact) mass is 287 g/mol. The van der Waals surface area contributed by atoms with Crippen LogP contribution in [0, 0.1) is 0 Å². The van der Waals surface area contributed by atoms with Crippen molar-refractivity contribution in [2.45, 2.75) is 24.7 Å². The molecule has 1 aliphatic rings. The predicted octanol–water partition coefficient (Wildman–Crippen LogP) is 1.77. The van der Waals surface area contributed by atoms with Crippen molar-refractivity contribution >= 4 is 10.2 Å². The molecular weight excluding hydrogens is 269 g/mol. The van der Waals surface area contributed by atoms with Gasteiger partial charge in [-0.1, -0.05) is 0 Å². The lowest BCUT2D eigenvalue weighted by molar-refractivity contribution is 0.329. The Hall–Kier alpha value is -1.14. The van der Waals surface area contributed by atoms with E-state index in [0.717, 1.165) is 37.1 Å². The Morgan fingerprint density at radius 2 is 1.84 bits per heavy atom. The molecule has 4 nitrogen and oxygen atoms in total. The van der Waals surface area contributed by atoms with Gasteiger partial charge < -0.3 is 9.64 Å². The van der Waals surface area contributed by atoms with Crippen molar-refractivity contribution in [1.29, 1.82) is 0 Å². The Balaban J connectivity index is 2.51. The molecule has 0 atom stereocenters. The lowest BCUT2D eigenvalue weighted by Crippen LogP contribution is -2.20. The van der Waals surface area contributed by atoms with Gasteiger partial charge in [-0.3, -0.25) is 0 Å². The summed E-state index contributed by atoms with van der Waals surface area (Å²) in [6.45, 7) is 3.79. The number of hydrogen-bond acceptors (Lipinski definition) is 4. The highest BCUT2D eigenvalue weighted by Crippen LogP contribution is 2.31. The van der Waals surface area contributed by atoms with E-state index in [9.17, 15) is 12.3 Å². The third kappa shape index (κ3) is 3.25. The number of halogens is 1. The third-order valence-electron chi connectivity index (χ3n) is 3.35. The number of rotatable bonds is 3. The SMILES string of the molecule is CCOc1cc2c(cc1S(=O)(=O)F)CCN(C)CC2. The zero-order valence-corrected chi connectivity index (χ0v) is 12.0. The standard InChI is InChI=1S/C13H18FNO3S/c1-3-18-12-8-10-4-6-15(2)7-5-11(10)9-13(12)19(14,16)17/h8-9H,3-7H2,1-2H3. The first kappa shape index (κ1) is 14.3. The smallest absolute Gasteiger partial charge is 0.335 e. The van der Waals surface area contributed by atoms with Gasteiger partial charge in [0.25, 0.3) is 0 Å². The van der Waals surface area contributed by atoms with E-state index < -0.39 is 10.2 Å². The van der Waals surface area contributed by atoms with Gasteiger partial charge in [0.05, 0.1) is 6.61 Å². The van der Waals surface area contributed by atoms with E-state index in [1.807, 2.05) is 7.05 Å². The van der Waals surface area contributed by atoms with Crippen LogP contribution in [-0.2, 0) is 23.1 Å². The van der Waals surface area contributed by atoms with Crippen LogP contribution < -0.4 is 4.74 Å². The van der Waals surface area contributed by atoms with Gasteiger partial charge in [-0.25, -0.2) is 0 Å². The molecule has 0 amide bonds. The van der Waals surface area contributed by atoms with Gasteiger partial charge in [-0.2, -0.15) is 8.42 Å². The van der Waals surface area contributed by atoms with E-state index in [4.69, 9.17) is 4.74 Å². The average Bonchev–Trinajstić information content (AvgIpc) is 2.50. The van der Waals surface area contributed by atoms with Crippen LogP contribution in [0.1, 0.15) is 18.1 Å². The quantitative estimate of drug-likeness (QED) is 0.795. The van der Waals surface area contributed by atoms with Crippen LogP contribution in [0.15, 0.2) is 17.0 Å². The maximum absolute atomic E-state index is 13.3. The second-order valence-electron chi connectivity index (χ2n) is 4.74. The summed E-state index contributed by atoms with van der Waals surface area (Å²) in [5, 5.41) is 0. The maximum atomic E-state index is 13.3. The number of hydrogen-bond donors (Lipinski definition) is 0. The number of likely N-dealkylation sites (N-methyl/N-ethyl adjacent to an activating group) is 1. The average molecular weight is 287 g/mol. The van der Waals surface area contributed by atoms with E-state index in [2.05, 4.69) is 4.90 Å². The van der Waals surface area contributed by atoms with E-state index in [1.54, 1.807) is 13.0 Å². The summed E-state index contributed by atoms with van der Waals surface area (Å²) < 4.78 is 41.0. The first-order valence-electron chi connectivity index (χ1n) is 6.33. The third-order valence-corrected chi connectivity index (χ3v) is 4.20. The van der Waals surface area contributed by atoms with Crippen molar-refractivity contribution in [2.24, 2.45) is 0 Å². The molecule has 1 aromatic carbocycles. The molecule has 0 aliphatic carbocycles. The van der Waals surface area contributed by atoms with Gasteiger partial charge in [0, 0.05) is 13.1 Å². The van der Waals surface area contributed by atoms with Crippen LogP contribution in [0.3, 0.4) is 0 Å². The van der Waals surface area contributed by atoms with Crippen molar-refractivity contribution in [3.63, 3.8) is 0 Å². The molecule has 0 fully saturated rings. The normalized spacial score (nSPS) is 16.8. The minimum atomic E-state index is -4.75. The minimum absolute atomic E-state index is 0.119. The molecule has 106 valence electrons. The van der Waals surface area contributed by atoms with Crippen LogP contribution in [0.5, 0.6) is 5.75 Å². The molecule has 1 heterocycles.